The number of pyridine rings is 1. The quantitative estimate of drug-likeness (QED) is 0.805. The molecule has 0 aliphatic heterocycles. The van der Waals surface area contributed by atoms with Crippen molar-refractivity contribution in [3.63, 3.8) is 0 Å². The van der Waals surface area contributed by atoms with Gasteiger partial charge in [-0.15, -0.1) is 0 Å². The fraction of sp³-hybridized carbons (Fsp3) is 0.188. The average molecular weight is 312 g/mol. The predicted molar refractivity (Wildman–Crippen MR) is 91.5 cm³/mol. The summed E-state index contributed by atoms with van der Waals surface area (Å²) in [7, 11) is 4.03. The fourth-order valence-corrected chi connectivity index (χ4v) is 3.14. The maximum atomic E-state index is 11.1. The molecule has 0 spiro atoms. The highest BCUT2D eigenvalue weighted by molar-refractivity contribution is 7.21. The Kier molecular flexibility index (Phi) is 3.77. The Morgan fingerprint density at radius 3 is 2.64 bits per heavy atom. The van der Waals surface area contributed by atoms with Crippen molar-refractivity contribution in [1.29, 1.82) is 0 Å². The highest BCUT2D eigenvalue weighted by Gasteiger charge is 2.11. The van der Waals surface area contributed by atoms with E-state index in [0.717, 1.165) is 27.3 Å². The first-order valence-electron chi connectivity index (χ1n) is 6.86. The van der Waals surface area contributed by atoms with E-state index in [9.17, 15) is 4.79 Å². The summed E-state index contributed by atoms with van der Waals surface area (Å²) < 4.78 is 0. The highest BCUT2D eigenvalue weighted by atomic mass is 32.1. The number of hydrogen-bond donors (Lipinski definition) is 1. The number of aromatic nitrogens is 2. The molecule has 0 bridgehead atoms. The molecular weight excluding hydrogens is 296 g/mol. The number of amides is 1. The van der Waals surface area contributed by atoms with Crippen LogP contribution >= 0.6 is 11.3 Å². The number of nitrogens with one attached hydrogen (secondary N) is 1. The maximum Gasteiger partial charge on any atom is 0.223 e. The van der Waals surface area contributed by atoms with Crippen LogP contribution in [0.3, 0.4) is 0 Å². The molecule has 1 N–H and O–H groups in total. The van der Waals surface area contributed by atoms with Gasteiger partial charge in [0.1, 0.15) is 10.3 Å². The van der Waals surface area contributed by atoms with Gasteiger partial charge in [-0.1, -0.05) is 29.5 Å². The lowest BCUT2D eigenvalue weighted by molar-refractivity contribution is -0.114. The molecule has 0 atom stereocenters. The molecule has 0 aliphatic carbocycles. The van der Waals surface area contributed by atoms with Gasteiger partial charge in [-0.3, -0.25) is 4.79 Å². The Morgan fingerprint density at radius 1 is 1.14 bits per heavy atom. The van der Waals surface area contributed by atoms with E-state index >= 15 is 0 Å². The van der Waals surface area contributed by atoms with Crippen molar-refractivity contribution in [2.24, 2.45) is 0 Å². The lowest BCUT2D eigenvalue weighted by Gasteiger charge is -2.16. The smallest absolute Gasteiger partial charge is 0.223 e. The summed E-state index contributed by atoms with van der Waals surface area (Å²) in [6, 6.07) is 12.0. The van der Waals surface area contributed by atoms with Crippen molar-refractivity contribution >= 4 is 38.4 Å². The number of carbonyl (C=O) groups excluding carboxylic acids is 1. The Labute approximate surface area is 132 Å². The second-order valence-electron chi connectivity index (χ2n) is 5.13. The minimum Gasteiger partial charge on any atom is -0.377 e. The molecule has 6 heteroatoms. The molecule has 5 nitrogen and oxygen atoms in total. The van der Waals surface area contributed by atoms with E-state index in [0.29, 0.717) is 5.13 Å². The van der Waals surface area contributed by atoms with Gasteiger partial charge in [0.2, 0.25) is 5.91 Å². The molecule has 1 aromatic carbocycles. The number of rotatable bonds is 3. The van der Waals surface area contributed by atoms with Gasteiger partial charge >= 0.3 is 0 Å². The van der Waals surface area contributed by atoms with E-state index in [1.807, 2.05) is 38.4 Å². The second kappa shape index (κ2) is 5.73. The SMILES string of the molecule is CC(=O)Nc1nc2ccc(-c3ccccc3N(C)C)nc2s1. The standard InChI is InChI=1S/C16H16N4OS/c1-10(21)17-16-19-13-9-8-12(18-15(13)22-16)11-6-4-5-7-14(11)20(2)3/h4-9H,1-3H3,(H,17,19,21). The van der Waals surface area contributed by atoms with Crippen LogP contribution in [0.15, 0.2) is 36.4 Å². The molecule has 2 aromatic heterocycles. The normalized spacial score (nSPS) is 10.7. The minimum atomic E-state index is -0.128. The third-order valence-electron chi connectivity index (χ3n) is 3.20. The van der Waals surface area contributed by atoms with Gasteiger partial charge in [-0.25, -0.2) is 9.97 Å². The third kappa shape index (κ3) is 2.78. The van der Waals surface area contributed by atoms with Crippen LogP contribution in [0.5, 0.6) is 0 Å². The molecule has 3 rings (SSSR count). The Bertz CT molecular complexity index is 841. The largest absolute Gasteiger partial charge is 0.377 e. The van der Waals surface area contributed by atoms with Gasteiger partial charge in [0.05, 0.1) is 5.69 Å². The topological polar surface area (TPSA) is 58.1 Å². The van der Waals surface area contributed by atoms with Crippen molar-refractivity contribution in [1.82, 2.24) is 9.97 Å². The molecule has 0 saturated carbocycles. The maximum absolute atomic E-state index is 11.1. The minimum absolute atomic E-state index is 0.128. The number of thiazole rings is 1. The zero-order chi connectivity index (χ0) is 15.7. The Balaban J connectivity index is 2.07. The molecule has 112 valence electrons. The predicted octanol–water partition coefficient (Wildman–Crippen LogP) is 3.38. The first-order chi connectivity index (χ1) is 10.5. The number of nitrogens with zero attached hydrogens (tertiary/aromatic N) is 3. The molecule has 0 fully saturated rings. The molecule has 22 heavy (non-hydrogen) atoms. The molecule has 0 saturated heterocycles. The van der Waals surface area contributed by atoms with Gasteiger partial charge in [-0.2, -0.15) is 0 Å². The molecule has 0 aliphatic rings. The lowest BCUT2D eigenvalue weighted by Crippen LogP contribution is -2.09. The number of hydrogen-bond acceptors (Lipinski definition) is 5. The second-order valence-corrected chi connectivity index (χ2v) is 6.11. The van der Waals surface area contributed by atoms with Crippen molar-refractivity contribution in [2.75, 3.05) is 24.3 Å². The van der Waals surface area contributed by atoms with Crippen molar-refractivity contribution in [3.8, 4) is 11.3 Å². The molecule has 1 amide bonds. The summed E-state index contributed by atoms with van der Waals surface area (Å²) in [6.07, 6.45) is 0. The van der Waals surface area contributed by atoms with Gasteiger partial charge in [0.15, 0.2) is 5.13 Å². The van der Waals surface area contributed by atoms with Crippen LogP contribution in [0, 0.1) is 0 Å². The van der Waals surface area contributed by atoms with Crippen LogP contribution in [-0.4, -0.2) is 30.0 Å². The number of benzene rings is 1. The van der Waals surface area contributed by atoms with Gasteiger partial charge < -0.3 is 10.2 Å². The van der Waals surface area contributed by atoms with E-state index in [1.54, 1.807) is 0 Å². The van der Waals surface area contributed by atoms with Crippen molar-refractivity contribution in [3.05, 3.63) is 36.4 Å². The van der Waals surface area contributed by atoms with E-state index in [1.165, 1.54) is 18.3 Å². The molecule has 3 aromatic rings. The summed E-state index contributed by atoms with van der Waals surface area (Å²) in [5.74, 6) is -0.128. The average Bonchev–Trinajstić information content (AvgIpc) is 2.87. The van der Waals surface area contributed by atoms with E-state index in [4.69, 9.17) is 4.98 Å². The number of fused-ring (bicyclic) bond motifs is 1. The molecular formula is C16H16N4OS. The number of carbonyl (C=O) groups is 1. The monoisotopic (exact) mass is 312 g/mol. The summed E-state index contributed by atoms with van der Waals surface area (Å²) in [4.78, 5) is 23.1. The van der Waals surface area contributed by atoms with E-state index in [-0.39, 0.29) is 5.91 Å². The van der Waals surface area contributed by atoms with Gasteiger partial charge in [0, 0.05) is 32.3 Å². The third-order valence-corrected chi connectivity index (χ3v) is 4.08. The molecule has 2 heterocycles. The van der Waals surface area contributed by atoms with Gasteiger partial charge in [-0.05, 0) is 18.2 Å². The number of para-hydroxylation sites is 1. The molecule has 0 unspecified atom stereocenters. The first-order valence-corrected chi connectivity index (χ1v) is 7.68. The van der Waals surface area contributed by atoms with Crippen LogP contribution in [0.25, 0.3) is 21.6 Å². The van der Waals surface area contributed by atoms with Crippen LogP contribution in [0.2, 0.25) is 0 Å². The summed E-state index contributed by atoms with van der Waals surface area (Å²) in [6.45, 7) is 1.47. The number of anilines is 2. The van der Waals surface area contributed by atoms with Crippen LogP contribution in [-0.2, 0) is 4.79 Å². The zero-order valence-electron chi connectivity index (χ0n) is 12.6. The summed E-state index contributed by atoms with van der Waals surface area (Å²) in [5.41, 5.74) is 3.87. The van der Waals surface area contributed by atoms with E-state index < -0.39 is 0 Å². The fourth-order valence-electron chi connectivity index (χ4n) is 2.25. The van der Waals surface area contributed by atoms with E-state index in [2.05, 4.69) is 27.3 Å². The van der Waals surface area contributed by atoms with Crippen LogP contribution in [0.4, 0.5) is 10.8 Å². The lowest BCUT2D eigenvalue weighted by atomic mass is 10.1. The van der Waals surface area contributed by atoms with Crippen molar-refractivity contribution in [2.45, 2.75) is 6.92 Å². The van der Waals surface area contributed by atoms with Gasteiger partial charge in [0.25, 0.3) is 0 Å². The Morgan fingerprint density at radius 2 is 1.91 bits per heavy atom. The summed E-state index contributed by atoms with van der Waals surface area (Å²) in [5, 5.41) is 3.28. The van der Waals surface area contributed by atoms with Crippen molar-refractivity contribution < 1.29 is 4.79 Å². The van der Waals surface area contributed by atoms with Crippen LogP contribution in [0.1, 0.15) is 6.92 Å². The highest BCUT2D eigenvalue weighted by Crippen LogP contribution is 2.31. The molecule has 0 radical (unpaired) electrons. The van der Waals surface area contributed by atoms with Crippen LogP contribution < -0.4 is 10.2 Å². The summed E-state index contributed by atoms with van der Waals surface area (Å²) >= 11 is 1.38. The first kappa shape index (κ1) is 14.5. The zero-order valence-corrected chi connectivity index (χ0v) is 13.4. The Hall–Kier alpha value is -2.47.